The topological polar surface area (TPSA) is 51.0 Å². The molecule has 2 aromatic heterocycles. The predicted octanol–water partition coefficient (Wildman–Crippen LogP) is 4.59. The summed E-state index contributed by atoms with van der Waals surface area (Å²) in [4.78, 5) is 8.74. The SMILES string of the molecule is Cc1ccc(C=NCCCCCCN=Cc2ccc(C)o2)o1. The van der Waals surface area contributed by atoms with E-state index in [2.05, 4.69) is 9.98 Å². The van der Waals surface area contributed by atoms with Gasteiger partial charge in [0.05, 0.1) is 12.4 Å². The first kappa shape index (κ1) is 16.3. The van der Waals surface area contributed by atoms with E-state index in [9.17, 15) is 0 Å². The van der Waals surface area contributed by atoms with Crippen molar-refractivity contribution in [2.75, 3.05) is 13.1 Å². The van der Waals surface area contributed by atoms with Crippen molar-refractivity contribution >= 4 is 12.4 Å². The number of furan rings is 2. The third-order valence-electron chi connectivity index (χ3n) is 3.28. The Hall–Kier alpha value is -2.10. The predicted molar refractivity (Wildman–Crippen MR) is 90.3 cm³/mol. The molecule has 2 heterocycles. The molecule has 0 aliphatic carbocycles. The maximum absolute atomic E-state index is 5.42. The lowest BCUT2D eigenvalue weighted by molar-refractivity contribution is 0.527. The van der Waals surface area contributed by atoms with E-state index in [4.69, 9.17) is 8.83 Å². The number of aliphatic imine (C=N–C) groups is 2. The quantitative estimate of drug-likeness (QED) is 0.502. The van der Waals surface area contributed by atoms with Gasteiger partial charge in [-0.15, -0.1) is 0 Å². The first-order valence-electron chi connectivity index (χ1n) is 7.86. The van der Waals surface area contributed by atoms with Crippen molar-refractivity contribution < 1.29 is 8.83 Å². The van der Waals surface area contributed by atoms with Gasteiger partial charge < -0.3 is 8.83 Å². The van der Waals surface area contributed by atoms with Crippen molar-refractivity contribution in [2.24, 2.45) is 9.98 Å². The van der Waals surface area contributed by atoms with Crippen LogP contribution in [0, 0.1) is 13.8 Å². The van der Waals surface area contributed by atoms with Crippen LogP contribution in [0.3, 0.4) is 0 Å². The van der Waals surface area contributed by atoms with E-state index in [1.807, 2.05) is 50.5 Å². The Balaban J connectivity index is 1.47. The lowest BCUT2D eigenvalue weighted by Crippen LogP contribution is -1.87. The second-order valence-corrected chi connectivity index (χ2v) is 5.38. The highest BCUT2D eigenvalue weighted by Crippen LogP contribution is 2.05. The molecule has 0 amide bonds. The van der Waals surface area contributed by atoms with Gasteiger partial charge in [0.2, 0.25) is 0 Å². The standard InChI is InChI=1S/C18H24N2O2/c1-15-7-9-17(21-15)13-19-11-5-3-4-6-12-20-14-18-10-8-16(2)22-18/h7-10,13-14H,3-6,11-12H2,1-2H3. The van der Waals surface area contributed by atoms with Crippen LogP contribution >= 0.6 is 0 Å². The van der Waals surface area contributed by atoms with Crippen molar-refractivity contribution in [3.63, 3.8) is 0 Å². The van der Waals surface area contributed by atoms with E-state index < -0.39 is 0 Å². The molecule has 0 bridgehead atoms. The van der Waals surface area contributed by atoms with Crippen LogP contribution < -0.4 is 0 Å². The van der Waals surface area contributed by atoms with Crippen molar-refractivity contribution in [2.45, 2.75) is 39.5 Å². The molecule has 2 aromatic rings. The smallest absolute Gasteiger partial charge is 0.144 e. The fourth-order valence-electron chi connectivity index (χ4n) is 2.11. The molecule has 0 saturated heterocycles. The summed E-state index contributed by atoms with van der Waals surface area (Å²) in [6.07, 6.45) is 8.20. The van der Waals surface area contributed by atoms with Crippen LogP contribution in [-0.4, -0.2) is 25.5 Å². The molecule has 0 spiro atoms. The monoisotopic (exact) mass is 300 g/mol. The molecule has 22 heavy (non-hydrogen) atoms. The van der Waals surface area contributed by atoms with Crippen molar-refractivity contribution in [3.8, 4) is 0 Å². The Labute approximate surface area is 132 Å². The first-order chi connectivity index (χ1) is 10.7. The number of unbranched alkanes of at least 4 members (excludes halogenated alkanes) is 3. The Bertz CT molecular complexity index is 554. The van der Waals surface area contributed by atoms with Crippen molar-refractivity contribution in [1.29, 1.82) is 0 Å². The molecule has 0 aromatic carbocycles. The first-order valence-corrected chi connectivity index (χ1v) is 7.86. The summed E-state index contributed by atoms with van der Waals surface area (Å²) in [5.74, 6) is 3.51. The van der Waals surface area contributed by atoms with Gasteiger partial charge in [-0.3, -0.25) is 9.98 Å². The molecule has 0 N–H and O–H groups in total. The van der Waals surface area contributed by atoms with Gasteiger partial charge >= 0.3 is 0 Å². The molecule has 0 atom stereocenters. The Morgan fingerprint density at radius 1 is 0.727 bits per heavy atom. The highest BCUT2D eigenvalue weighted by Gasteiger charge is 1.94. The van der Waals surface area contributed by atoms with E-state index in [-0.39, 0.29) is 0 Å². The maximum atomic E-state index is 5.42. The molecular weight excluding hydrogens is 276 g/mol. The van der Waals surface area contributed by atoms with Crippen molar-refractivity contribution in [1.82, 2.24) is 0 Å². The average Bonchev–Trinajstić information content (AvgIpc) is 3.09. The van der Waals surface area contributed by atoms with Gasteiger partial charge in [-0.2, -0.15) is 0 Å². The van der Waals surface area contributed by atoms with Crippen molar-refractivity contribution in [3.05, 3.63) is 47.3 Å². The lowest BCUT2D eigenvalue weighted by atomic mass is 10.2. The minimum Gasteiger partial charge on any atom is -0.460 e. The van der Waals surface area contributed by atoms with E-state index in [1.165, 1.54) is 12.8 Å². The molecule has 4 nitrogen and oxygen atoms in total. The number of rotatable bonds is 9. The molecular formula is C18H24N2O2. The third kappa shape index (κ3) is 6.12. The van der Waals surface area contributed by atoms with E-state index in [0.717, 1.165) is 49.0 Å². The molecule has 2 rings (SSSR count). The number of hydrogen-bond donors (Lipinski definition) is 0. The van der Waals surface area contributed by atoms with Crippen LogP contribution in [-0.2, 0) is 0 Å². The van der Waals surface area contributed by atoms with Gasteiger partial charge in [0.1, 0.15) is 23.0 Å². The Kier molecular flexibility index (Phi) is 6.68. The summed E-state index contributed by atoms with van der Waals surface area (Å²) in [5, 5.41) is 0. The number of aryl methyl sites for hydroxylation is 2. The van der Waals surface area contributed by atoms with E-state index in [1.54, 1.807) is 0 Å². The maximum Gasteiger partial charge on any atom is 0.144 e. The van der Waals surface area contributed by atoms with Gasteiger partial charge in [-0.1, -0.05) is 12.8 Å². The van der Waals surface area contributed by atoms with Gasteiger partial charge in [0.25, 0.3) is 0 Å². The van der Waals surface area contributed by atoms with E-state index in [0.29, 0.717) is 0 Å². The third-order valence-corrected chi connectivity index (χ3v) is 3.28. The minimum absolute atomic E-state index is 0.833. The molecule has 0 saturated carbocycles. The van der Waals surface area contributed by atoms with Crippen LogP contribution in [0.15, 0.2) is 43.1 Å². The minimum atomic E-state index is 0.833. The summed E-state index contributed by atoms with van der Waals surface area (Å²) < 4.78 is 10.8. The fraction of sp³-hybridized carbons (Fsp3) is 0.444. The molecule has 0 unspecified atom stereocenters. The van der Waals surface area contributed by atoms with Gasteiger partial charge in [0, 0.05) is 13.1 Å². The molecule has 0 radical (unpaired) electrons. The normalized spacial score (nSPS) is 11.9. The zero-order chi connectivity index (χ0) is 15.6. The average molecular weight is 300 g/mol. The van der Waals surface area contributed by atoms with Crippen LogP contribution in [0.5, 0.6) is 0 Å². The summed E-state index contributed by atoms with van der Waals surface area (Å²) in [5.41, 5.74) is 0. The Morgan fingerprint density at radius 2 is 1.18 bits per heavy atom. The van der Waals surface area contributed by atoms with Crippen LogP contribution in [0.25, 0.3) is 0 Å². The zero-order valence-corrected chi connectivity index (χ0v) is 13.4. The van der Waals surface area contributed by atoms with Crippen LogP contribution in [0.4, 0.5) is 0 Å². The van der Waals surface area contributed by atoms with Gasteiger partial charge in [0.15, 0.2) is 0 Å². The second kappa shape index (κ2) is 9.03. The number of nitrogens with zero attached hydrogens (tertiary/aromatic N) is 2. The van der Waals surface area contributed by atoms with Crippen LogP contribution in [0.1, 0.15) is 48.7 Å². The summed E-state index contributed by atoms with van der Waals surface area (Å²) in [7, 11) is 0. The zero-order valence-electron chi connectivity index (χ0n) is 13.4. The van der Waals surface area contributed by atoms with Crippen LogP contribution in [0.2, 0.25) is 0 Å². The summed E-state index contributed by atoms with van der Waals surface area (Å²) >= 11 is 0. The molecule has 0 aliphatic rings. The molecule has 4 heteroatoms. The van der Waals surface area contributed by atoms with Gasteiger partial charge in [-0.05, 0) is 51.0 Å². The largest absolute Gasteiger partial charge is 0.460 e. The highest BCUT2D eigenvalue weighted by molar-refractivity contribution is 5.76. The lowest BCUT2D eigenvalue weighted by Gasteiger charge is -1.96. The summed E-state index contributed by atoms with van der Waals surface area (Å²) in [6, 6.07) is 7.78. The second-order valence-electron chi connectivity index (χ2n) is 5.38. The molecule has 118 valence electrons. The molecule has 0 fully saturated rings. The number of hydrogen-bond acceptors (Lipinski definition) is 4. The Morgan fingerprint density at radius 3 is 1.55 bits per heavy atom. The fourth-order valence-corrected chi connectivity index (χ4v) is 2.11. The molecule has 0 aliphatic heterocycles. The summed E-state index contributed by atoms with van der Waals surface area (Å²) in [6.45, 7) is 5.59. The highest BCUT2D eigenvalue weighted by atomic mass is 16.3. The van der Waals surface area contributed by atoms with E-state index >= 15 is 0 Å². The van der Waals surface area contributed by atoms with Gasteiger partial charge in [-0.25, -0.2) is 0 Å².